The molecule has 0 saturated carbocycles. The summed E-state index contributed by atoms with van der Waals surface area (Å²) in [6, 6.07) is 4.93. The van der Waals surface area contributed by atoms with Crippen molar-refractivity contribution in [3.05, 3.63) is 34.9 Å². The highest BCUT2D eigenvalue weighted by molar-refractivity contribution is 6.25. The SMILES string of the molecule is CC(C)(C)C#Cc1cccc2c1C(=O)N(C1(C)CCC(=O)NC1=O)C2=O. The molecule has 1 aromatic carbocycles. The first-order chi connectivity index (χ1) is 12.0. The van der Waals surface area contributed by atoms with Gasteiger partial charge in [0.05, 0.1) is 11.1 Å². The molecule has 0 aliphatic carbocycles. The average molecular weight is 352 g/mol. The van der Waals surface area contributed by atoms with E-state index in [4.69, 9.17) is 0 Å². The van der Waals surface area contributed by atoms with Gasteiger partial charge in [-0.05, 0) is 46.2 Å². The summed E-state index contributed by atoms with van der Waals surface area (Å²) >= 11 is 0. The van der Waals surface area contributed by atoms with Crippen molar-refractivity contribution in [2.45, 2.75) is 46.1 Å². The van der Waals surface area contributed by atoms with Crippen molar-refractivity contribution in [3.8, 4) is 11.8 Å². The number of benzene rings is 1. The van der Waals surface area contributed by atoms with Gasteiger partial charge in [0.1, 0.15) is 5.54 Å². The Hall–Kier alpha value is -2.94. The molecule has 2 heterocycles. The van der Waals surface area contributed by atoms with Crippen molar-refractivity contribution >= 4 is 23.6 Å². The molecular weight excluding hydrogens is 332 g/mol. The quantitative estimate of drug-likeness (QED) is 0.618. The van der Waals surface area contributed by atoms with Crippen molar-refractivity contribution in [2.24, 2.45) is 5.41 Å². The minimum Gasteiger partial charge on any atom is -0.294 e. The van der Waals surface area contributed by atoms with Crippen LogP contribution in [0.2, 0.25) is 0 Å². The van der Waals surface area contributed by atoms with Crippen LogP contribution >= 0.6 is 0 Å². The first-order valence-electron chi connectivity index (χ1n) is 8.44. The summed E-state index contributed by atoms with van der Waals surface area (Å²) in [5.41, 5.74) is -0.726. The Kier molecular flexibility index (Phi) is 3.99. The molecule has 6 heteroatoms. The molecule has 134 valence electrons. The van der Waals surface area contributed by atoms with Crippen LogP contribution in [-0.4, -0.2) is 34.1 Å². The van der Waals surface area contributed by atoms with E-state index >= 15 is 0 Å². The van der Waals surface area contributed by atoms with Gasteiger partial charge in [-0.1, -0.05) is 17.9 Å². The van der Waals surface area contributed by atoms with Gasteiger partial charge >= 0.3 is 0 Å². The monoisotopic (exact) mass is 352 g/mol. The maximum atomic E-state index is 13.1. The summed E-state index contributed by atoms with van der Waals surface area (Å²) in [5.74, 6) is 3.94. The Balaban J connectivity index is 2.07. The first kappa shape index (κ1) is 17.9. The number of imide groups is 2. The fourth-order valence-corrected chi connectivity index (χ4v) is 3.10. The summed E-state index contributed by atoms with van der Waals surface area (Å²) in [6.45, 7) is 7.36. The number of carbonyl (C=O) groups is 4. The minimum absolute atomic E-state index is 0.0757. The standard InChI is InChI=1S/C20H20N2O4/c1-19(2,3)10-8-12-6-5-7-13-15(12)17(25)22(16(13)24)20(4)11-9-14(23)21-18(20)26/h5-7H,9,11H2,1-4H3,(H,21,23,26). The van der Waals surface area contributed by atoms with Gasteiger partial charge < -0.3 is 0 Å². The Morgan fingerprint density at radius 1 is 1.12 bits per heavy atom. The van der Waals surface area contributed by atoms with Crippen molar-refractivity contribution < 1.29 is 19.2 Å². The van der Waals surface area contributed by atoms with Gasteiger partial charge in [0.2, 0.25) is 5.91 Å². The lowest BCUT2D eigenvalue weighted by Gasteiger charge is -2.38. The first-order valence-corrected chi connectivity index (χ1v) is 8.44. The fourth-order valence-electron chi connectivity index (χ4n) is 3.10. The molecule has 3 rings (SSSR count). The normalized spacial score (nSPS) is 22.7. The summed E-state index contributed by atoms with van der Waals surface area (Å²) in [6.07, 6.45) is 0.179. The van der Waals surface area contributed by atoms with E-state index in [0.29, 0.717) is 5.56 Å². The maximum absolute atomic E-state index is 13.1. The molecule has 0 bridgehead atoms. The second-order valence-corrected chi connectivity index (χ2v) is 7.83. The lowest BCUT2D eigenvalue weighted by atomic mass is 9.89. The number of rotatable bonds is 1. The van der Waals surface area contributed by atoms with Gasteiger partial charge in [-0.2, -0.15) is 0 Å². The van der Waals surface area contributed by atoms with E-state index in [9.17, 15) is 19.2 Å². The average Bonchev–Trinajstić information content (AvgIpc) is 2.81. The van der Waals surface area contributed by atoms with Crippen molar-refractivity contribution in [2.75, 3.05) is 0 Å². The molecule has 1 unspecified atom stereocenters. The molecule has 0 aromatic heterocycles. The molecule has 1 N–H and O–H groups in total. The lowest BCUT2D eigenvalue weighted by Crippen LogP contribution is -2.62. The molecule has 0 spiro atoms. The fraction of sp³-hybridized carbons (Fsp3) is 0.400. The topological polar surface area (TPSA) is 83.6 Å². The van der Waals surface area contributed by atoms with Crippen LogP contribution in [0.3, 0.4) is 0 Å². The molecule has 1 saturated heterocycles. The van der Waals surface area contributed by atoms with E-state index in [0.717, 1.165) is 4.90 Å². The van der Waals surface area contributed by atoms with Crippen LogP contribution in [0.5, 0.6) is 0 Å². The predicted octanol–water partition coefficient (Wildman–Crippen LogP) is 1.88. The van der Waals surface area contributed by atoms with Gasteiger partial charge in [0.15, 0.2) is 0 Å². The third kappa shape index (κ3) is 2.80. The molecule has 1 atom stereocenters. The largest absolute Gasteiger partial charge is 0.294 e. The Bertz CT molecular complexity index is 914. The second kappa shape index (κ2) is 5.80. The molecule has 6 nitrogen and oxygen atoms in total. The van der Waals surface area contributed by atoms with E-state index < -0.39 is 29.2 Å². The number of fused-ring (bicyclic) bond motifs is 1. The van der Waals surface area contributed by atoms with Crippen LogP contribution in [0.25, 0.3) is 0 Å². The van der Waals surface area contributed by atoms with E-state index in [1.54, 1.807) is 18.2 Å². The van der Waals surface area contributed by atoms with Crippen LogP contribution in [-0.2, 0) is 9.59 Å². The predicted molar refractivity (Wildman–Crippen MR) is 94.1 cm³/mol. The van der Waals surface area contributed by atoms with Gasteiger partial charge in [-0.25, -0.2) is 0 Å². The van der Waals surface area contributed by atoms with Gasteiger partial charge in [-0.15, -0.1) is 0 Å². The zero-order valence-electron chi connectivity index (χ0n) is 15.2. The Labute approximate surface area is 151 Å². The lowest BCUT2D eigenvalue weighted by molar-refractivity contribution is -0.140. The smallest absolute Gasteiger partial charge is 0.263 e. The second-order valence-electron chi connectivity index (χ2n) is 7.83. The van der Waals surface area contributed by atoms with E-state index in [2.05, 4.69) is 17.2 Å². The third-order valence-corrected chi connectivity index (χ3v) is 4.56. The highest BCUT2D eigenvalue weighted by atomic mass is 16.2. The van der Waals surface area contributed by atoms with E-state index in [1.807, 2.05) is 20.8 Å². The minimum atomic E-state index is -1.39. The third-order valence-electron chi connectivity index (χ3n) is 4.56. The molecular formula is C20H20N2O4. The van der Waals surface area contributed by atoms with Crippen molar-refractivity contribution in [1.82, 2.24) is 10.2 Å². The zero-order chi connectivity index (χ0) is 19.3. The number of piperidine rings is 1. The molecule has 4 amide bonds. The molecule has 2 aliphatic rings. The highest BCUT2D eigenvalue weighted by Crippen LogP contribution is 2.35. The van der Waals surface area contributed by atoms with Crippen LogP contribution in [0.4, 0.5) is 0 Å². The number of carbonyl (C=O) groups excluding carboxylic acids is 4. The van der Waals surface area contributed by atoms with Crippen molar-refractivity contribution in [1.29, 1.82) is 0 Å². The number of hydrogen-bond acceptors (Lipinski definition) is 4. The molecule has 2 aliphatic heterocycles. The molecule has 0 radical (unpaired) electrons. The van der Waals surface area contributed by atoms with E-state index in [1.165, 1.54) is 6.92 Å². The summed E-state index contributed by atoms with van der Waals surface area (Å²) in [5, 5.41) is 2.22. The Morgan fingerprint density at radius 2 is 1.81 bits per heavy atom. The maximum Gasteiger partial charge on any atom is 0.263 e. The van der Waals surface area contributed by atoms with Crippen LogP contribution in [0, 0.1) is 17.3 Å². The molecule has 1 aromatic rings. The van der Waals surface area contributed by atoms with E-state index in [-0.39, 0.29) is 29.4 Å². The molecule has 26 heavy (non-hydrogen) atoms. The number of amides is 4. The van der Waals surface area contributed by atoms with Gasteiger partial charge in [-0.3, -0.25) is 29.4 Å². The zero-order valence-corrected chi connectivity index (χ0v) is 15.2. The van der Waals surface area contributed by atoms with Gasteiger partial charge in [0, 0.05) is 17.4 Å². The molecule has 1 fully saturated rings. The Morgan fingerprint density at radius 3 is 2.42 bits per heavy atom. The summed E-state index contributed by atoms with van der Waals surface area (Å²) < 4.78 is 0. The highest BCUT2D eigenvalue weighted by Gasteiger charge is 2.53. The number of nitrogens with one attached hydrogen (secondary N) is 1. The summed E-state index contributed by atoms with van der Waals surface area (Å²) in [4.78, 5) is 50.8. The van der Waals surface area contributed by atoms with Gasteiger partial charge in [0.25, 0.3) is 17.7 Å². The number of hydrogen-bond donors (Lipinski definition) is 1. The van der Waals surface area contributed by atoms with Crippen LogP contribution in [0.1, 0.15) is 66.8 Å². The van der Waals surface area contributed by atoms with Crippen LogP contribution < -0.4 is 5.32 Å². The summed E-state index contributed by atoms with van der Waals surface area (Å²) in [7, 11) is 0. The number of nitrogens with zero attached hydrogens (tertiary/aromatic N) is 1. The van der Waals surface area contributed by atoms with Crippen molar-refractivity contribution in [3.63, 3.8) is 0 Å². The van der Waals surface area contributed by atoms with Crippen LogP contribution in [0.15, 0.2) is 18.2 Å².